The molecule has 1 unspecified atom stereocenters. The Labute approximate surface area is 118 Å². The number of nitrogens with zero attached hydrogens (tertiary/aromatic N) is 2. The van der Waals surface area contributed by atoms with E-state index in [4.69, 9.17) is 10.5 Å². The van der Waals surface area contributed by atoms with Crippen molar-refractivity contribution in [2.24, 2.45) is 5.73 Å². The zero-order valence-electron chi connectivity index (χ0n) is 11.6. The van der Waals surface area contributed by atoms with Crippen LogP contribution in [0, 0.1) is 5.82 Å². The largest absolute Gasteiger partial charge is 0.481 e. The minimum atomic E-state index is -0.266. The van der Waals surface area contributed by atoms with E-state index in [9.17, 15) is 4.39 Å². The van der Waals surface area contributed by atoms with Crippen molar-refractivity contribution in [2.75, 3.05) is 25.6 Å². The van der Waals surface area contributed by atoms with Gasteiger partial charge in [-0.25, -0.2) is 9.37 Å². The molecule has 0 radical (unpaired) electrons. The van der Waals surface area contributed by atoms with Gasteiger partial charge in [-0.1, -0.05) is 12.1 Å². The molecular formula is C15H18FN3O. The van der Waals surface area contributed by atoms with E-state index in [0.717, 1.165) is 11.3 Å². The molecule has 4 nitrogen and oxygen atoms in total. The summed E-state index contributed by atoms with van der Waals surface area (Å²) in [7, 11) is 3.46. The summed E-state index contributed by atoms with van der Waals surface area (Å²) in [6.07, 6.45) is 1.73. The lowest BCUT2D eigenvalue weighted by Gasteiger charge is -2.29. The van der Waals surface area contributed by atoms with Crippen LogP contribution >= 0.6 is 0 Å². The van der Waals surface area contributed by atoms with Crippen molar-refractivity contribution in [3.63, 3.8) is 0 Å². The maximum absolute atomic E-state index is 13.3. The van der Waals surface area contributed by atoms with Crippen molar-refractivity contribution in [1.82, 2.24) is 4.98 Å². The molecular weight excluding hydrogens is 257 g/mol. The van der Waals surface area contributed by atoms with Gasteiger partial charge in [0.05, 0.1) is 13.2 Å². The SMILES string of the molecule is COc1ccc(C(CN)N(C)c2cccc(F)c2)cn1. The number of benzene rings is 1. The van der Waals surface area contributed by atoms with E-state index in [1.54, 1.807) is 25.4 Å². The van der Waals surface area contributed by atoms with Gasteiger partial charge in [0.2, 0.25) is 5.88 Å². The molecule has 0 bridgehead atoms. The molecule has 0 aliphatic heterocycles. The fourth-order valence-electron chi connectivity index (χ4n) is 2.10. The number of rotatable bonds is 5. The van der Waals surface area contributed by atoms with Crippen LogP contribution in [0.2, 0.25) is 0 Å². The summed E-state index contributed by atoms with van der Waals surface area (Å²) >= 11 is 0. The van der Waals surface area contributed by atoms with Crippen LogP contribution in [0.3, 0.4) is 0 Å². The van der Waals surface area contributed by atoms with Gasteiger partial charge in [0.1, 0.15) is 5.82 Å². The van der Waals surface area contributed by atoms with E-state index in [1.807, 2.05) is 24.1 Å². The number of likely N-dealkylation sites (N-methyl/N-ethyl adjacent to an activating group) is 1. The molecule has 2 rings (SSSR count). The number of nitrogens with two attached hydrogens (primary N) is 1. The first-order chi connectivity index (χ1) is 9.65. The van der Waals surface area contributed by atoms with E-state index >= 15 is 0 Å². The highest BCUT2D eigenvalue weighted by atomic mass is 19.1. The molecule has 20 heavy (non-hydrogen) atoms. The Hall–Kier alpha value is -2.14. The molecule has 106 valence electrons. The van der Waals surface area contributed by atoms with Crippen LogP contribution in [0.4, 0.5) is 10.1 Å². The molecule has 1 heterocycles. The summed E-state index contributed by atoms with van der Waals surface area (Å²) in [4.78, 5) is 6.12. The van der Waals surface area contributed by atoms with Crippen molar-refractivity contribution >= 4 is 5.69 Å². The Morgan fingerprint density at radius 3 is 2.70 bits per heavy atom. The Bertz CT molecular complexity index is 559. The summed E-state index contributed by atoms with van der Waals surface area (Å²) in [6, 6.07) is 10.1. The van der Waals surface area contributed by atoms with Crippen molar-refractivity contribution in [1.29, 1.82) is 0 Å². The first-order valence-electron chi connectivity index (χ1n) is 6.34. The van der Waals surface area contributed by atoms with Gasteiger partial charge in [-0.2, -0.15) is 0 Å². The molecule has 1 aromatic carbocycles. The first kappa shape index (κ1) is 14.3. The number of anilines is 1. The van der Waals surface area contributed by atoms with Gasteiger partial charge in [0.15, 0.2) is 0 Å². The van der Waals surface area contributed by atoms with Crippen molar-refractivity contribution in [2.45, 2.75) is 6.04 Å². The van der Waals surface area contributed by atoms with E-state index in [1.165, 1.54) is 12.1 Å². The zero-order chi connectivity index (χ0) is 14.5. The molecule has 0 saturated heterocycles. The lowest BCUT2D eigenvalue weighted by atomic mass is 10.1. The van der Waals surface area contributed by atoms with Crippen LogP contribution in [-0.2, 0) is 0 Å². The van der Waals surface area contributed by atoms with Crippen LogP contribution in [0.25, 0.3) is 0 Å². The molecule has 1 aromatic heterocycles. The van der Waals surface area contributed by atoms with E-state index in [0.29, 0.717) is 12.4 Å². The molecule has 5 heteroatoms. The summed E-state index contributed by atoms with van der Waals surface area (Å²) in [5.41, 5.74) is 7.59. The highest BCUT2D eigenvalue weighted by Crippen LogP contribution is 2.25. The standard InChI is InChI=1S/C15H18FN3O/c1-19(13-5-3-4-12(16)8-13)14(9-17)11-6-7-15(20-2)18-10-11/h3-8,10,14H,9,17H2,1-2H3. The smallest absolute Gasteiger partial charge is 0.212 e. The molecule has 0 amide bonds. The van der Waals surface area contributed by atoms with Gasteiger partial charge in [-0.3, -0.25) is 0 Å². The van der Waals surface area contributed by atoms with E-state index in [-0.39, 0.29) is 11.9 Å². The Morgan fingerprint density at radius 1 is 1.35 bits per heavy atom. The third-order valence-corrected chi connectivity index (χ3v) is 3.26. The number of hydrogen-bond donors (Lipinski definition) is 1. The van der Waals surface area contributed by atoms with Crippen LogP contribution in [0.5, 0.6) is 5.88 Å². The maximum Gasteiger partial charge on any atom is 0.212 e. The van der Waals surface area contributed by atoms with Crippen LogP contribution < -0.4 is 15.4 Å². The third-order valence-electron chi connectivity index (χ3n) is 3.26. The fourth-order valence-corrected chi connectivity index (χ4v) is 2.10. The minimum Gasteiger partial charge on any atom is -0.481 e. The summed E-state index contributed by atoms with van der Waals surface area (Å²) in [6.45, 7) is 0.404. The Morgan fingerprint density at radius 2 is 2.15 bits per heavy atom. The van der Waals surface area contributed by atoms with E-state index < -0.39 is 0 Å². The number of aromatic nitrogens is 1. The van der Waals surface area contributed by atoms with Crippen molar-refractivity contribution < 1.29 is 9.13 Å². The molecule has 0 aliphatic rings. The fraction of sp³-hybridized carbons (Fsp3) is 0.267. The van der Waals surface area contributed by atoms with Crippen molar-refractivity contribution in [3.05, 3.63) is 54.0 Å². The molecule has 2 N–H and O–H groups in total. The summed E-state index contributed by atoms with van der Waals surface area (Å²) in [5.74, 6) is 0.288. The van der Waals surface area contributed by atoms with Gasteiger partial charge in [0.25, 0.3) is 0 Å². The average Bonchev–Trinajstić information content (AvgIpc) is 2.48. The maximum atomic E-state index is 13.3. The number of hydrogen-bond acceptors (Lipinski definition) is 4. The minimum absolute atomic E-state index is 0.0739. The number of pyridine rings is 1. The van der Waals surface area contributed by atoms with Crippen LogP contribution in [-0.4, -0.2) is 25.7 Å². The van der Waals surface area contributed by atoms with Gasteiger partial charge >= 0.3 is 0 Å². The van der Waals surface area contributed by atoms with Gasteiger partial charge in [-0.05, 0) is 23.8 Å². The van der Waals surface area contributed by atoms with Gasteiger partial charge in [-0.15, -0.1) is 0 Å². The zero-order valence-corrected chi connectivity index (χ0v) is 11.6. The third kappa shape index (κ3) is 3.05. The number of ether oxygens (including phenoxy) is 1. The van der Waals surface area contributed by atoms with Crippen LogP contribution in [0.15, 0.2) is 42.6 Å². The molecule has 0 saturated carbocycles. The average molecular weight is 275 g/mol. The number of methoxy groups -OCH3 is 1. The monoisotopic (exact) mass is 275 g/mol. The highest BCUT2D eigenvalue weighted by Gasteiger charge is 2.17. The second-order valence-electron chi connectivity index (χ2n) is 4.48. The number of halogens is 1. The molecule has 2 aromatic rings. The molecule has 0 spiro atoms. The van der Waals surface area contributed by atoms with Gasteiger partial charge < -0.3 is 15.4 Å². The Kier molecular flexibility index (Phi) is 4.53. The first-order valence-corrected chi connectivity index (χ1v) is 6.34. The predicted molar refractivity (Wildman–Crippen MR) is 77.4 cm³/mol. The molecule has 0 fully saturated rings. The predicted octanol–water partition coefficient (Wildman–Crippen LogP) is 2.37. The lowest BCUT2D eigenvalue weighted by Crippen LogP contribution is -2.30. The summed E-state index contributed by atoms with van der Waals surface area (Å²) in [5, 5.41) is 0. The quantitative estimate of drug-likeness (QED) is 0.910. The van der Waals surface area contributed by atoms with E-state index in [2.05, 4.69) is 4.98 Å². The van der Waals surface area contributed by atoms with Crippen LogP contribution in [0.1, 0.15) is 11.6 Å². The highest BCUT2D eigenvalue weighted by molar-refractivity contribution is 5.48. The van der Waals surface area contributed by atoms with Gasteiger partial charge in [0, 0.05) is 31.5 Å². The van der Waals surface area contributed by atoms with Crippen molar-refractivity contribution in [3.8, 4) is 5.88 Å². The lowest BCUT2D eigenvalue weighted by molar-refractivity contribution is 0.397. The normalized spacial score (nSPS) is 12.0. The second kappa shape index (κ2) is 6.34. The molecule has 0 aliphatic carbocycles. The Balaban J connectivity index is 2.26. The molecule has 1 atom stereocenters. The second-order valence-corrected chi connectivity index (χ2v) is 4.48. The summed E-state index contributed by atoms with van der Waals surface area (Å²) < 4.78 is 18.3. The topological polar surface area (TPSA) is 51.4 Å².